The number of imide groups is 1. The van der Waals surface area contributed by atoms with E-state index in [1.807, 2.05) is 72.8 Å². The Labute approximate surface area is 199 Å². The van der Waals surface area contributed by atoms with E-state index in [9.17, 15) is 14.4 Å². The van der Waals surface area contributed by atoms with E-state index in [4.69, 9.17) is 0 Å². The van der Waals surface area contributed by atoms with Crippen LogP contribution in [0.25, 0.3) is 11.1 Å². The molecule has 1 aliphatic heterocycles. The first-order valence-corrected chi connectivity index (χ1v) is 11.6. The zero-order valence-corrected chi connectivity index (χ0v) is 19.3. The SMILES string of the molecule is CCCc1ccc(C2(C)NC(=O)N(CC(=O)NC3c4ccccc4-c4ccccc43)C2=O)cc1. The lowest BCUT2D eigenvalue weighted by Gasteiger charge is -2.23. The average Bonchev–Trinajstić information content (AvgIpc) is 3.27. The van der Waals surface area contributed by atoms with Gasteiger partial charge in [-0.2, -0.15) is 0 Å². The van der Waals surface area contributed by atoms with Gasteiger partial charge in [0.2, 0.25) is 5.91 Å². The Morgan fingerprint density at radius 2 is 1.53 bits per heavy atom. The molecule has 34 heavy (non-hydrogen) atoms. The van der Waals surface area contributed by atoms with Crippen molar-refractivity contribution < 1.29 is 14.4 Å². The summed E-state index contributed by atoms with van der Waals surface area (Å²) in [6, 6.07) is 22.7. The molecule has 1 fully saturated rings. The Balaban J connectivity index is 1.34. The highest BCUT2D eigenvalue weighted by Gasteiger charge is 2.49. The van der Waals surface area contributed by atoms with E-state index in [1.165, 1.54) is 5.56 Å². The number of amides is 4. The van der Waals surface area contributed by atoms with Crippen LogP contribution in [-0.2, 0) is 21.5 Å². The minimum absolute atomic E-state index is 0.321. The number of aryl methyl sites for hydroxylation is 1. The molecule has 1 heterocycles. The topological polar surface area (TPSA) is 78.5 Å². The van der Waals surface area contributed by atoms with Crippen molar-refractivity contribution in [3.8, 4) is 11.1 Å². The molecule has 6 heteroatoms. The van der Waals surface area contributed by atoms with E-state index in [0.717, 1.165) is 40.0 Å². The monoisotopic (exact) mass is 453 g/mol. The van der Waals surface area contributed by atoms with Crippen molar-refractivity contribution in [2.24, 2.45) is 0 Å². The number of carbonyl (C=O) groups excluding carboxylic acids is 3. The molecule has 3 aromatic rings. The lowest BCUT2D eigenvalue weighted by Crippen LogP contribution is -2.43. The first-order chi connectivity index (χ1) is 16.4. The van der Waals surface area contributed by atoms with Gasteiger partial charge in [0.1, 0.15) is 12.1 Å². The minimum Gasteiger partial charge on any atom is -0.344 e. The second kappa shape index (κ2) is 8.45. The normalized spacial score (nSPS) is 19.1. The number of rotatable bonds is 6. The van der Waals surface area contributed by atoms with E-state index in [0.29, 0.717) is 5.56 Å². The van der Waals surface area contributed by atoms with Gasteiger partial charge in [0.05, 0.1) is 6.04 Å². The molecule has 0 spiro atoms. The molecule has 0 radical (unpaired) electrons. The molecule has 1 saturated heterocycles. The summed E-state index contributed by atoms with van der Waals surface area (Å²) >= 11 is 0. The van der Waals surface area contributed by atoms with E-state index < -0.39 is 17.5 Å². The molecule has 4 amide bonds. The van der Waals surface area contributed by atoms with Gasteiger partial charge in [-0.3, -0.25) is 14.5 Å². The molecule has 0 bridgehead atoms. The van der Waals surface area contributed by atoms with E-state index in [1.54, 1.807) is 6.92 Å². The van der Waals surface area contributed by atoms with Crippen molar-refractivity contribution in [1.29, 1.82) is 0 Å². The zero-order valence-electron chi connectivity index (χ0n) is 19.3. The van der Waals surface area contributed by atoms with E-state index in [-0.39, 0.29) is 18.5 Å². The van der Waals surface area contributed by atoms with Crippen LogP contribution < -0.4 is 10.6 Å². The maximum absolute atomic E-state index is 13.3. The molecule has 1 aliphatic carbocycles. The second-order valence-electron chi connectivity index (χ2n) is 9.07. The van der Waals surface area contributed by atoms with E-state index in [2.05, 4.69) is 17.6 Å². The van der Waals surface area contributed by atoms with Gasteiger partial charge >= 0.3 is 6.03 Å². The van der Waals surface area contributed by atoms with Crippen LogP contribution in [0.4, 0.5) is 4.79 Å². The molecule has 1 atom stereocenters. The van der Waals surface area contributed by atoms with Crippen molar-refractivity contribution in [1.82, 2.24) is 15.5 Å². The number of nitrogens with one attached hydrogen (secondary N) is 2. The van der Waals surface area contributed by atoms with Crippen molar-refractivity contribution >= 4 is 17.8 Å². The quantitative estimate of drug-likeness (QED) is 0.547. The van der Waals surface area contributed by atoms with Crippen LogP contribution in [0.3, 0.4) is 0 Å². The maximum Gasteiger partial charge on any atom is 0.325 e. The molecule has 172 valence electrons. The van der Waals surface area contributed by atoms with Crippen LogP contribution in [0.5, 0.6) is 0 Å². The molecule has 1 unspecified atom stereocenters. The highest BCUT2D eigenvalue weighted by molar-refractivity contribution is 6.09. The van der Waals surface area contributed by atoms with Gasteiger partial charge in [0.15, 0.2) is 0 Å². The summed E-state index contributed by atoms with van der Waals surface area (Å²) in [4.78, 5) is 40.1. The molecule has 6 nitrogen and oxygen atoms in total. The van der Waals surface area contributed by atoms with Crippen LogP contribution >= 0.6 is 0 Å². The van der Waals surface area contributed by atoms with Gasteiger partial charge in [-0.05, 0) is 46.7 Å². The number of carbonyl (C=O) groups is 3. The number of hydrogen-bond acceptors (Lipinski definition) is 3. The highest BCUT2D eigenvalue weighted by Crippen LogP contribution is 2.43. The summed E-state index contributed by atoms with van der Waals surface area (Å²) in [6.07, 6.45) is 1.99. The van der Waals surface area contributed by atoms with Crippen LogP contribution in [-0.4, -0.2) is 29.3 Å². The standard InChI is InChI=1S/C28H27N3O3/c1-3-8-18-13-15-19(16-14-18)28(2)26(33)31(27(34)30-28)17-24(32)29-25-22-11-6-4-9-20(22)21-10-5-7-12-23(21)25/h4-7,9-16,25H,3,8,17H2,1-2H3,(H,29,32)(H,30,34). The lowest BCUT2D eigenvalue weighted by atomic mass is 9.91. The molecule has 5 rings (SSSR count). The van der Waals surface area contributed by atoms with Crippen molar-refractivity contribution in [3.63, 3.8) is 0 Å². The van der Waals surface area contributed by atoms with Gasteiger partial charge in [0.25, 0.3) is 5.91 Å². The fraction of sp³-hybridized carbons (Fsp3) is 0.250. The predicted octanol–water partition coefficient (Wildman–Crippen LogP) is 4.29. The summed E-state index contributed by atoms with van der Waals surface area (Å²) in [5.41, 5.74) is 4.86. The first-order valence-electron chi connectivity index (χ1n) is 11.6. The van der Waals surface area contributed by atoms with Gasteiger partial charge < -0.3 is 10.6 Å². The number of fused-ring (bicyclic) bond motifs is 3. The Hall–Kier alpha value is -3.93. The third-order valence-corrected chi connectivity index (χ3v) is 6.79. The number of benzene rings is 3. The molecule has 0 saturated carbocycles. The summed E-state index contributed by atoms with van der Waals surface area (Å²) in [7, 11) is 0. The minimum atomic E-state index is -1.20. The van der Waals surface area contributed by atoms with Gasteiger partial charge in [-0.1, -0.05) is 86.1 Å². The molecular formula is C28H27N3O3. The number of urea groups is 1. The summed E-state index contributed by atoms with van der Waals surface area (Å²) in [5, 5.41) is 5.82. The fourth-order valence-electron chi connectivity index (χ4n) is 4.99. The molecule has 2 N–H and O–H groups in total. The van der Waals surface area contributed by atoms with Crippen molar-refractivity contribution in [2.45, 2.75) is 38.3 Å². The Bertz CT molecular complexity index is 1240. The summed E-state index contributed by atoms with van der Waals surface area (Å²) in [6.45, 7) is 3.46. The largest absolute Gasteiger partial charge is 0.344 e. The van der Waals surface area contributed by atoms with Crippen LogP contribution in [0.15, 0.2) is 72.8 Å². The van der Waals surface area contributed by atoms with Gasteiger partial charge in [0, 0.05) is 0 Å². The van der Waals surface area contributed by atoms with Crippen LogP contribution in [0.1, 0.15) is 48.6 Å². The third kappa shape index (κ3) is 3.55. The lowest BCUT2D eigenvalue weighted by molar-refractivity contribution is -0.135. The van der Waals surface area contributed by atoms with Crippen molar-refractivity contribution in [2.75, 3.05) is 6.54 Å². The fourth-order valence-corrected chi connectivity index (χ4v) is 4.99. The number of nitrogens with zero attached hydrogens (tertiary/aromatic N) is 1. The third-order valence-electron chi connectivity index (χ3n) is 6.79. The average molecular weight is 454 g/mol. The summed E-state index contributed by atoms with van der Waals surface area (Å²) < 4.78 is 0. The van der Waals surface area contributed by atoms with Crippen molar-refractivity contribution in [3.05, 3.63) is 95.1 Å². The maximum atomic E-state index is 13.3. The van der Waals surface area contributed by atoms with Gasteiger partial charge in [-0.25, -0.2) is 4.79 Å². The highest BCUT2D eigenvalue weighted by atomic mass is 16.2. The first kappa shape index (κ1) is 21.9. The molecular weight excluding hydrogens is 426 g/mol. The molecule has 2 aliphatic rings. The van der Waals surface area contributed by atoms with Crippen LogP contribution in [0, 0.1) is 0 Å². The van der Waals surface area contributed by atoms with Crippen LogP contribution in [0.2, 0.25) is 0 Å². The van der Waals surface area contributed by atoms with Gasteiger partial charge in [-0.15, -0.1) is 0 Å². The Morgan fingerprint density at radius 3 is 2.12 bits per heavy atom. The Morgan fingerprint density at radius 1 is 0.941 bits per heavy atom. The van der Waals surface area contributed by atoms with E-state index >= 15 is 0 Å². The number of hydrogen-bond donors (Lipinski definition) is 2. The predicted molar refractivity (Wildman–Crippen MR) is 130 cm³/mol. The second-order valence-corrected chi connectivity index (χ2v) is 9.07. The Kier molecular flexibility index (Phi) is 5.44. The molecule has 3 aromatic carbocycles. The molecule has 0 aromatic heterocycles. The summed E-state index contributed by atoms with van der Waals surface area (Å²) in [5.74, 6) is -0.814. The smallest absolute Gasteiger partial charge is 0.325 e. The zero-order chi connectivity index (χ0) is 23.9.